The predicted octanol–water partition coefficient (Wildman–Crippen LogP) is 21.9. The molecule has 0 saturated heterocycles. The third kappa shape index (κ3) is 12.8. The lowest BCUT2D eigenvalue weighted by Gasteiger charge is -2.26. The van der Waals surface area contributed by atoms with Gasteiger partial charge in [-0.2, -0.15) is 0 Å². The number of hydrogen-bond acceptors (Lipinski definition) is 0. The van der Waals surface area contributed by atoms with Gasteiger partial charge in [-0.05, 0) is 215 Å². The first-order valence-electron chi connectivity index (χ1n) is 32.6. The molecule has 0 spiro atoms. The summed E-state index contributed by atoms with van der Waals surface area (Å²) in [5.74, 6) is 2.79. The van der Waals surface area contributed by atoms with Crippen LogP contribution in [0, 0.1) is 45.4 Å². The fourth-order valence-corrected chi connectivity index (χ4v) is 15.3. The third-order valence-electron chi connectivity index (χ3n) is 20.2. The Morgan fingerprint density at radius 1 is 0.318 bits per heavy atom. The Bertz CT molecular complexity index is 3820. The molecule has 0 N–H and O–H groups in total. The number of hydrogen-bond donors (Lipinski definition) is 0. The van der Waals surface area contributed by atoms with Gasteiger partial charge in [0.05, 0.1) is 0 Å². The SMILES string of the molecule is C1=CC2C(=C1)C(Cc1ccc(C3CCCCC3)cc1)=CC=C2c1ccc2c(c1)CCC2.Cc1ccc(C2=CC=C(Cc3ccc(C4CCCCC4)c(C)c3)C3=CC=CC32)cc1.Cc1ccc(CC2=CC=C(c3ccc(C)cc3)C3C=CC=C23)cc1. The van der Waals surface area contributed by atoms with Crippen molar-refractivity contribution < 1.29 is 0 Å². The third-order valence-corrected chi connectivity index (χ3v) is 20.2. The molecule has 0 aromatic heterocycles. The van der Waals surface area contributed by atoms with E-state index in [1.165, 1.54) is 189 Å². The van der Waals surface area contributed by atoms with Crippen LogP contribution in [0.2, 0.25) is 0 Å². The van der Waals surface area contributed by atoms with E-state index < -0.39 is 0 Å². The molecule has 426 valence electrons. The fourth-order valence-electron chi connectivity index (χ4n) is 15.3. The van der Waals surface area contributed by atoms with Gasteiger partial charge in [0.15, 0.2) is 0 Å². The van der Waals surface area contributed by atoms with E-state index in [2.05, 4.69) is 252 Å². The Kier molecular flexibility index (Phi) is 17.1. The summed E-state index contributed by atoms with van der Waals surface area (Å²) in [4.78, 5) is 0. The molecule has 0 heteroatoms. The molecule has 0 amide bonds. The second-order valence-corrected chi connectivity index (χ2v) is 26.1. The van der Waals surface area contributed by atoms with Crippen molar-refractivity contribution in [1.29, 1.82) is 0 Å². The maximum Gasteiger partial charge on any atom is 0.0281 e. The van der Waals surface area contributed by atoms with Gasteiger partial charge in [-0.3, -0.25) is 0 Å². The predicted molar refractivity (Wildman–Crippen MR) is 363 cm³/mol. The highest BCUT2D eigenvalue weighted by molar-refractivity contribution is 5.81. The van der Waals surface area contributed by atoms with Crippen LogP contribution in [0.3, 0.4) is 0 Å². The van der Waals surface area contributed by atoms with Crippen LogP contribution in [0.1, 0.15) is 160 Å². The van der Waals surface area contributed by atoms with Crippen LogP contribution in [0.5, 0.6) is 0 Å². The average Bonchev–Trinajstić information content (AvgIpc) is 4.56. The molecule has 0 nitrogen and oxygen atoms in total. The Labute approximate surface area is 509 Å². The van der Waals surface area contributed by atoms with Crippen molar-refractivity contribution >= 4 is 16.7 Å². The first-order valence-corrected chi connectivity index (χ1v) is 32.6. The van der Waals surface area contributed by atoms with Crippen molar-refractivity contribution in [2.45, 2.75) is 142 Å². The maximum absolute atomic E-state index is 2.46. The Morgan fingerprint density at radius 3 is 1.22 bits per heavy atom. The van der Waals surface area contributed by atoms with Gasteiger partial charge in [0.25, 0.3) is 0 Å². The summed E-state index contributed by atoms with van der Waals surface area (Å²) in [7, 11) is 0. The number of benzene rings is 6. The van der Waals surface area contributed by atoms with E-state index >= 15 is 0 Å². The Balaban J connectivity index is 0.000000120. The van der Waals surface area contributed by atoms with Crippen LogP contribution in [-0.4, -0.2) is 0 Å². The summed E-state index contributed by atoms with van der Waals surface area (Å²) in [6, 6.07) is 50.7. The van der Waals surface area contributed by atoms with E-state index in [1.807, 2.05) is 0 Å². The average molecular weight is 1110 g/mol. The van der Waals surface area contributed by atoms with E-state index in [9.17, 15) is 0 Å². The minimum Gasteiger partial charge on any atom is -0.0726 e. The van der Waals surface area contributed by atoms with Gasteiger partial charge in [0.2, 0.25) is 0 Å². The zero-order valence-corrected chi connectivity index (χ0v) is 51.1. The van der Waals surface area contributed by atoms with E-state index in [4.69, 9.17) is 0 Å². The molecule has 2 fully saturated rings. The molecule has 15 rings (SSSR count). The molecule has 0 heterocycles. The monoisotopic (exact) mass is 1110 g/mol. The minimum absolute atomic E-state index is 0.398. The zero-order chi connectivity index (χ0) is 57.6. The van der Waals surface area contributed by atoms with Crippen molar-refractivity contribution in [3.8, 4) is 0 Å². The van der Waals surface area contributed by atoms with Crippen LogP contribution in [0.25, 0.3) is 16.7 Å². The van der Waals surface area contributed by atoms with E-state index in [0.29, 0.717) is 17.8 Å². The molecule has 2 saturated carbocycles. The molecule has 0 bridgehead atoms. The molecular formula is C85H86. The van der Waals surface area contributed by atoms with E-state index in [-0.39, 0.29) is 0 Å². The van der Waals surface area contributed by atoms with Crippen molar-refractivity contribution in [2.24, 2.45) is 17.8 Å². The van der Waals surface area contributed by atoms with Crippen LogP contribution < -0.4 is 0 Å². The summed E-state index contributed by atoms with van der Waals surface area (Å²) in [6.07, 6.45) is 55.6. The molecule has 3 unspecified atom stereocenters. The van der Waals surface area contributed by atoms with Crippen molar-refractivity contribution in [2.75, 3.05) is 0 Å². The van der Waals surface area contributed by atoms with Crippen molar-refractivity contribution in [3.05, 3.63) is 336 Å². The highest BCUT2D eigenvalue weighted by atomic mass is 14.3. The fraction of sp³-hybridized carbons (Fsp3) is 0.294. The highest BCUT2D eigenvalue weighted by Gasteiger charge is 2.30. The molecule has 85 heavy (non-hydrogen) atoms. The largest absolute Gasteiger partial charge is 0.0726 e. The Morgan fingerprint density at radius 2 is 0.729 bits per heavy atom. The van der Waals surface area contributed by atoms with Crippen molar-refractivity contribution in [3.63, 3.8) is 0 Å². The minimum atomic E-state index is 0.398. The topological polar surface area (TPSA) is 0 Å². The van der Waals surface area contributed by atoms with Crippen LogP contribution in [0.4, 0.5) is 0 Å². The second kappa shape index (κ2) is 25.8. The quantitative estimate of drug-likeness (QED) is 0.121. The lowest BCUT2D eigenvalue weighted by atomic mass is 9.78. The lowest BCUT2D eigenvalue weighted by molar-refractivity contribution is 0.442. The molecule has 3 atom stereocenters. The number of rotatable bonds is 11. The smallest absolute Gasteiger partial charge is 0.0281 e. The number of allylic oxidation sites excluding steroid dienone is 24. The lowest BCUT2D eigenvalue weighted by Crippen LogP contribution is -2.10. The molecule has 9 aliphatic carbocycles. The number of aryl methyl sites for hydroxylation is 6. The van der Waals surface area contributed by atoms with Crippen LogP contribution in [-0.2, 0) is 32.1 Å². The molecule has 0 radical (unpaired) electrons. The normalized spacial score (nSPS) is 21.0. The molecule has 6 aromatic rings. The van der Waals surface area contributed by atoms with Gasteiger partial charge in [-0.15, -0.1) is 0 Å². The first-order chi connectivity index (χ1) is 41.7. The second-order valence-electron chi connectivity index (χ2n) is 26.1. The van der Waals surface area contributed by atoms with Gasteiger partial charge < -0.3 is 0 Å². The summed E-state index contributed by atoms with van der Waals surface area (Å²) in [5, 5.41) is 0. The van der Waals surface area contributed by atoms with Crippen LogP contribution in [0.15, 0.2) is 258 Å². The van der Waals surface area contributed by atoms with E-state index in [0.717, 1.165) is 31.1 Å². The Hall–Kier alpha value is -7.80. The van der Waals surface area contributed by atoms with Gasteiger partial charge in [-0.1, -0.05) is 280 Å². The molecule has 0 aliphatic heterocycles. The molecule has 9 aliphatic rings. The summed E-state index contributed by atoms with van der Waals surface area (Å²) in [5.41, 5.74) is 33.1. The zero-order valence-electron chi connectivity index (χ0n) is 51.1. The van der Waals surface area contributed by atoms with Gasteiger partial charge in [0.1, 0.15) is 0 Å². The van der Waals surface area contributed by atoms with Gasteiger partial charge in [0, 0.05) is 17.8 Å². The summed E-state index contributed by atoms with van der Waals surface area (Å²) in [6.45, 7) is 8.75. The summed E-state index contributed by atoms with van der Waals surface area (Å²) < 4.78 is 0. The van der Waals surface area contributed by atoms with E-state index in [1.54, 1.807) is 22.3 Å². The maximum atomic E-state index is 2.46. The van der Waals surface area contributed by atoms with Gasteiger partial charge in [-0.25, -0.2) is 0 Å². The first kappa shape index (κ1) is 56.3. The molecule has 6 aromatic carbocycles. The molecular weight excluding hydrogens is 1020 g/mol. The highest BCUT2D eigenvalue weighted by Crippen LogP contribution is 2.46. The standard InChI is InChI=1S/C31H32.C30H32.C24H22/c1-2-6-23(7-3-1)25-14-12-22(13-15-25)20-27-18-19-30(31-11-5-10-29(27)31)28-17-16-24-8-4-9-26(24)21-28;1-21-11-14-25(15-12-21)29-18-16-26(28-9-6-10-30(28)29)20-23-13-17-27(22(2)19-23)24-7-4-3-5-8-24;1-17-6-10-19(11-7-17)16-21-14-15-23(24-5-3-4-22(21)24)20-12-8-18(2)9-13-20/h5,10-19,21,23,31H,1-4,6-9,20H2;6,9-19,24,30H,3-5,7-8,20H2,1-2H3;3-15,24H,16H2,1-2H3. The van der Waals surface area contributed by atoms with Crippen molar-refractivity contribution in [1.82, 2.24) is 0 Å². The number of fused-ring (bicyclic) bond motifs is 4. The van der Waals surface area contributed by atoms with Crippen LogP contribution >= 0.6 is 0 Å². The summed E-state index contributed by atoms with van der Waals surface area (Å²) >= 11 is 0. The van der Waals surface area contributed by atoms with Gasteiger partial charge >= 0.3 is 0 Å².